The number of hydrogen-bond acceptors (Lipinski definition) is 4. The Morgan fingerprint density at radius 2 is 2.15 bits per heavy atom. The van der Waals surface area contributed by atoms with Gasteiger partial charge >= 0.3 is 0 Å². The van der Waals surface area contributed by atoms with Crippen molar-refractivity contribution in [1.29, 1.82) is 0 Å². The quantitative estimate of drug-likeness (QED) is 0.663. The van der Waals surface area contributed by atoms with E-state index in [0.29, 0.717) is 24.3 Å². The number of nitrogens with one attached hydrogen (secondary N) is 1. The van der Waals surface area contributed by atoms with Crippen LogP contribution in [0, 0.1) is 16.0 Å². The molecule has 1 N–H and O–H groups in total. The monoisotopic (exact) mass is 278 g/mol. The van der Waals surface area contributed by atoms with Gasteiger partial charge in [0, 0.05) is 30.3 Å². The number of nitro benzene ring substituents is 1. The van der Waals surface area contributed by atoms with Crippen molar-refractivity contribution in [1.82, 2.24) is 5.32 Å². The molecule has 1 aliphatic carbocycles. The molecule has 0 aromatic heterocycles. The largest absolute Gasteiger partial charge is 0.496 e. The number of methoxy groups -OCH3 is 1. The van der Waals surface area contributed by atoms with Crippen molar-refractivity contribution in [3.8, 4) is 5.75 Å². The fourth-order valence-corrected chi connectivity index (χ4v) is 2.88. The summed E-state index contributed by atoms with van der Waals surface area (Å²) in [5.41, 5.74) is 0.957. The Balaban J connectivity index is 2.07. The van der Waals surface area contributed by atoms with Gasteiger partial charge in [0.05, 0.1) is 12.0 Å². The number of ether oxygens (including phenoxy) is 1. The van der Waals surface area contributed by atoms with Gasteiger partial charge in [0.15, 0.2) is 0 Å². The molecule has 0 spiro atoms. The highest BCUT2D eigenvalue weighted by Crippen LogP contribution is 2.27. The molecule has 0 radical (unpaired) electrons. The van der Waals surface area contributed by atoms with Gasteiger partial charge in [0.25, 0.3) is 5.69 Å². The maximum atomic E-state index is 10.9. The molecular weight excluding hydrogens is 256 g/mol. The van der Waals surface area contributed by atoms with Crippen molar-refractivity contribution in [3.05, 3.63) is 33.9 Å². The maximum absolute atomic E-state index is 10.9. The van der Waals surface area contributed by atoms with Crippen LogP contribution in [0.15, 0.2) is 18.2 Å². The summed E-state index contributed by atoms with van der Waals surface area (Å²) < 4.78 is 5.28. The van der Waals surface area contributed by atoms with E-state index in [0.717, 1.165) is 5.56 Å². The predicted molar refractivity (Wildman–Crippen MR) is 77.9 cm³/mol. The summed E-state index contributed by atoms with van der Waals surface area (Å²) in [6, 6.07) is 5.23. The average molecular weight is 278 g/mol. The lowest BCUT2D eigenvalue weighted by Crippen LogP contribution is -2.36. The summed E-state index contributed by atoms with van der Waals surface area (Å²) in [6.07, 6.45) is 5.00. The molecule has 0 saturated heterocycles. The Hall–Kier alpha value is -1.62. The van der Waals surface area contributed by atoms with Crippen molar-refractivity contribution >= 4 is 5.69 Å². The molecule has 5 heteroatoms. The zero-order valence-corrected chi connectivity index (χ0v) is 12.1. The summed E-state index contributed by atoms with van der Waals surface area (Å²) >= 11 is 0. The van der Waals surface area contributed by atoms with Crippen molar-refractivity contribution < 1.29 is 9.66 Å². The van der Waals surface area contributed by atoms with Crippen LogP contribution >= 0.6 is 0 Å². The fraction of sp³-hybridized carbons (Fsp3) is 0.600. The number of non-ortho nitro benzene ring substituents is 1. The molecule has 1 aromatic carbocycles. The van der Waals surface area contributed by atoms with E-state index in [1.165, 1.54) is 31.7 Å². The lowest BCUT2D eigenvalue weighted by Gasteiger charge is -2.29. The second-order valence-corrected chi connectivity index (χ2v) is 5.50. The molecule has 110 valence electrons. The third-order valence-corrected chi connectivity index (χ3v) is 4.14. The minimum atomic E-state index is -0.369. The molecule has 0 heterocycles. The van der Waals surface area contributed by atoms with E-state index < -0.39 is 0 Å². The van der Waals surface area contributed by atoms with Crippen LogP contribution in [0.4, 0.5) is 5.69 Å². The van der Waals surface area contributed by atoms with Gasteiger partial charge in [-0.25, -0.2) is 0 Å². The van der Waals surface area contributed by atoms with E-state index in [1.807, 2.05) is 0 Å². The van der Waals surface area contributed by atoms with Gasteiger partial charge in [-0.05, 0) is 24.8 Å². The minimum absolute atomic E-state index is 0.110. The summed E-state index contributed by atoms with van der Waals surface area (Å²) in [7, 11) is 1.59. The maximum Gasteiger partial charge on any atom is 0.270 e. The Labute approximate surface area is 119 Å². The number of benzene rings is 1. The molecule has 1 aliphatic rings. The predicted octanol–water partition coefficient (Wildman–Crippen LogP) is 3.27. The van der Waals surface area contributed by atoms with Crippen LogP contribution in [0.1, 0.15) is 38.2 Å². The molecule has 2 atom stereocenters. The highest BCUT2D eigenvalue weighted by molar-refractivity contribution is 5.43. The zero-order valence-electron chi connectivity index (χ0n) is 12.1. The first kappa shape index (κ1) is 14.8. The third kappa shape index (κ3) is 3.48. The zero-order chi connectivity index (χ0) is 14.5. The Bertz CT molecular complexity index is 476. The summed E-state index contributed by atoms with van der Waals surface area (Å²) in [4.78, 5) is 10.5. The second kappa shape index (κ2) is 6.70. The number of nitro groups is 1. The molecule has 2 rings (SSSR count). The number of rotatable bonds is 5. The van der Waals surface area contributed by atoms with Gasteiger partial charge in [-0.3, -0.25) is 10.1 Å². The van der Waals surface area contributed by atoms with Crippen LogP contribution in [0.5, 0.6) is 5.75 Å². The van der Waals surface area contributed by atoms with Crippen molar-refractivity contribution in [3.63, 3.8) is 0 Å². The van der Waals surface area contributed by atoms with Crippen LogP contribution < -0.4 is 10.1 Å². The first-order valence-corrected chi connectivity index (χ1v) is 7.16. The van der Waals surface area contributed by atoms with Gasteiger partial charge in [0.2, 0.25) is 0 Å². The van der Waals surface area contributed by atoms with E-state index in [9.17, 15) is 10.1 Å². The van der Waals surface area contributed by atoms with E-state index >= 15 is 0 Å². The average Bonchev–Trinajstić information content (AvgIpc) is 2.46. The van der Waals surface area contributed by atoms with Gasteiger partial charge < -0.3 is 10.1 Å². The first-order valence-electron chi connectivity index (χ1n) is 7.16. The lowest BCUT2D eigenvalue weighted by atomic mass is 9.86. The Morgan fingerprint density at radius 1 is 1.40 bits per heavy atom. The van der Waals surface area contributed by atoms with Crippen LogP contribution in [0.3, 0.4) is 0 Å². The first-order chi connectivity index (χ1) is 9.61. The van der Waals surface area contributed by atoms with Crippen LogP contribution in [0.2, 0.25) is 0 Å². The van der Waals surface area contributed by atoms with Crippen molar-refractivity contribution in [2.24, 2.45) is 5.92 Å². The van der Waals surface area contributed by atoms with Crippen molar-refractivity contribution in [2.75, 3.05) is 7.11 Å². The molecule has 1 aromatic rings. The van der Waals surface area contributed by atoms with Crippen LogP contribution in [-0.2, 0) is 6.54 Å². The van der Waals surface area contributed by atoms with E-state index in [1.54, 1.807) is 19.2 Å². The molecule has 1 fully saturated rings. The standard InChI is InChI=1S/C15H22N2O3/c1-11-5-3-4-6-14(11)16-10-12-9-13(17(18)19)7-8-15(12)20-2/h7-9,11,14,16H,3-6,10H2,1-2H3/t11-,14+/m1/s1. The number of hydrogen-bond donors (Lipinski definition) is 1. The van der Waals surface area contributed by atoms with E-state index in [4.69, 9.17) is 4.74 Å². The second-order valence-electron chi connectivity index (χ2n) is 5.50. The molecule has 1 saturated carbocycles. The Morgan fingerprint density at radius 3 is 2.80 bits per heavy atom. The SMILES string of the molecule is COc1ccc([N+](=O)[O-])cc1CN[C@H]1CCCC[C@H]1C. The topological polar surface area (TPSA) is 64.4 Å². The fourth-order valence-electron chi connectivity index (χ4n) is 2.88. The molecular formula is C15H22N2O3. The highest BCUT2D eigenvalue weighted by atomic mass is 16.6. The van der Waals surface area contributed by atoms with Gasteiger partial charge in [0.1, 0.15) is 5.75 Å². The van der Waals surface area contributed by atoms with E-state index in [2.05, 4.69) is 12.2 Å². The normalized spacial score (nSPS) is 22.5. The number of nitrogens with zero attached hydrogens (tertiary/aromatic N) is 1. The summed E-state index contributed by atoms with van der Waals surface area (Å²) in [5, 5.41) is 14.4. The minimum Gasteiger partial charge on any atom is -0.496 e. The van der Waals surface area contributed by atoms with Gasteiger partial charge in [-0.1, -0.05) is 19.8 Å². The summed E-state index contributed by atoms with van der Waals surface area (Å²) in [5.74, 6) is 1.36. The van der Waals surface area contributed by atoms with Gasteiger partial charge in [-0.2, -0.15) is 0 Å². The molecule has 0 aliphatic heterocycles. The summed E-state index contributed by atoms with van der Waals surface area (Å²) in [6.45, 7) is 2.88. The Kier molecular flexibility index (Phi) is 4.95. The van der Waals surface area contributed by atoms with E-state index in [-0.39, 0.29) is 10.6 Å². The molecule has 5 nitrogen and oxygen atoms in total. The van der Waals surface area contributed by atoms with Gasteiger partial charge in [-0.15, -0.1) is 0 Å². The lowest BCUT2D eigenvalue weighted by molar-refractivity contribution is -0.384. The van der Waals surface area contributed by atoms with Crippen LogP contribution in [0.25, 0.3) is 0 Å². The molecule has 20 heavy (non-hydrogen) atoms. The third-order valence-electron chi connectivity index (χ3n) is 4.14. The smallest absolute Gasteiger partial charge is 0.270 e. The molecule has 0 unspecified atom stereocenters. The van der Waals surface area contributed by atoms with Crippen LogP contribution in [-0.4, -0.2) is 18.1 Å². The molecule has 0 amide bonds. The van der Waals surface area contributed by atoms with Crippen molar-refractivity contribution in [2.45, 2.75) is 45.2 Å². The molecule has 0 bridgehead atoms. The highest BCUT2D eigenvalue weighted by Gasteiger charge is 2.21.